The van der Waals surface area contributed by atoms with E-state index in [1.807, 2.05) is 0 Å². The second kappa shape index (κ2) is 5.97. The second-order valence-corrected chi connectivity index (χ2v) is 7.79. The summed E-state index contributed by atoms with van der Waals surface area (Å²) in [4.78, 5) is 15.2. The van der Waals surface area contributed by atoms with Crippen molar-refractivity contribution >= 4 is 16.9 Å². The number of hydrogen-bond acceptors (Lipinski definition) is 3. The minimum Gasteiger partial charge on any atom is -0.370 e. The van der Waals surface area contributed by atoms with Gasteiger partial charge in [-0.15, -0.1) is 0 Å². The molecule has 7 heteroatoms. The van der Waals surface area contributed by atoms with Gasteiger partial charge in [-0.05, 0) is 39.8 Å². The first kappa shape index (κ1) is 16.7. The molecule has 1 amide bonds. The SMILES string of the molecule is CC(CC(N)=O)(NS(=O)C(C)(C)C)c1ccc(F)cn1. The van der Waals surface area contributed by atoms with Crippen molar-refractivity contribution < 1.29 is 13.4 Å². The Morgan fingerprint density at radius 2 is 2.00 bits per heavy atom. The minimum absolute atomic E-state index is 0.0898. The second-order valence-electron chi connectivity index (χ2n) is 5.82. The maximum atomic E-state index is 13.0. The third kappa shape index (κ3) is 4.35. The van der Waals surface area contributed by atoms with Crippen molar-refractivity contribution in [2.45, 2.75) is 44.4 Å². The van der Waals surface area contributed by atoms with Crippen LogP contribution in [0.25, 0.3) is 0 Å². The van der Waals surface area contributed by atoms with Gasteiger partial charge in [0.05, 0.1) is 39.6 Å². The lowest BCUT2D eigenvalue weighted by Gasteiger charge is -2.32. The van der Waals surface area contributed by atoms with Gasteiger partial charge in [0.15, 0.2) is 0 Å². The fraction of sp³-hybridized carbons (Fsp3) is 0.538. The topological polar surface area (TPSA) is 85.1 Å². The van der Waals surface area contributed by atoms with Gasteiger partial charge in [-0.2, -0.15) is 0 Å². The lowest BCUT2D eigenvalue weighted by atomic mass is 9.94. The molecule has 0 aromatic carbocycles. The predicted molar refractivity (Wildman–Crippen MR) is 76.4 cm³/mol. The fourth-order valence-corrected chi connectivity index (χ4v) is 2.48. The number of carbonyl (C=O) groups excluding carboxylic acids is 1. The highest BCUT2D eigenvalue weighted by Crippen LogP contribution is 2.25. The number of hydrogen-bond donors (Lipinski definition) is 2. The van der Waals surface area contributed by atoms with Gasteiger partial charge in [0.2, 0.25) is 5.91 Å². The molecule has 20 heavy (non-hydrogen) atoms. The van der Waals surface area contributed by atoms with Gasteiger partial charge in [-0.1, -0.05) is 0 Å². The summed E-state index contributed by atoms with van der Waals surface area (Å²) in [5.41, 5.74) is 4.65. The first-order chi connectivity index (χ1) is 9.04. The Morgan fingerprint density at radius 1 is 1.40 bits per heavy atom. The normalized spacial score (nSPS) is 16.4. The van der Waals surface area contributed by atoms with E-state index < -0.39 is 33.0 Å². The van der Waals surface area contributed by atoms with Crippen molar-refractivity contribution in [1.29, 1.82) is 0 Å². The molecule has 112 valence electrons. The quantitative estimate of drug-likeness (QED) is 0.861. The van der Waals surface area contributed by atoms with E-state index in [9.17, 15) is 13.4 Å². The van der Waals surface area contributed by atoms with Crippen LogP contribution < -0.4 is 10.5 Å². The summed E-state index contributed by atoms with van der Waals surface area (Å²) in [6.07, 6.45) is 0.962. The fourth-order valence-electron chi connectivity index (χ4n) is 1.59. The Morgan fingerprint density at radius 3 is 2.40 bits per heavy atom. The van der Waals surface area contributed by atoms with Crippen LogP contribution >= 0.6 is 0 Å². The number of nitrogens with two attached hydrogens (primary N) is 1. The largest absolute Gasteiger partial charge is 0.370 e. The van der Waals surface area contributed by atoms with Gasteiger partial charge in [-0.3, -0.25) is 9.78 Å². The molecule has 0 aliphatic rings. The number of pyridine rings is 1. The van der Waals surface area contributed by atoms with Crippen LogP contribution in [-0.4, -0.2) is 19.8 Å². The summed E-state index contributed by atoms with van der Waals surface area (Å²) in [5.74, 6) is -1.04. The molecule has 1 aromatic heterocycles. The molecule has 1 aromatic rings. The van der Waals surface area contributed by atoms with E-state index in [-0.39, 0.29) is 6.42 Å². The Bertz CT molecular complexity index is 513. The van der Waals surface area contributed by atoms with Gasteiger partial charge in [0, 0.05) is 0 Å². The number of amides is 1. The third-order valence-corrected chi connectivity index (χ3v) is 4.44. The van der Waals surface area contributed by atoms with E-state index in [0.29, 0.717) is 5.69 Å². The molecule has 0 fully saturated rings. The first-order valence-corrected chi connectivity index (χ1v) is 7.29. The molecule has 0 aliphatic heterocycles. The number of halogens is 1. The van der Waals surface area contributed by atoms with Crippen LogP contribution in [0.15, 0.2) is 18.3 Å². The zero-order chi connectivity index (χ0) is 15.6. The van der Waals surface area contributed by atoms with Gasteiger partial charge < -0.3 is 5.73 Å². The molecule has 0 bridgehead atoms. The maximum Gasteiger partial charge on any atom is 0.219 e. The minimum atomic E-state index is -1.42. The van der Waals surface area contributed by atoms with E-state index in [0.717, 1.165) is 6.20 Å². The van der Waals surface area contributed by atoms with Crippen LogP contribution in [0.4, 0.5) is 4.39 Å². The van der Waals surface area contributed by atoms with Gasteiger partial charge in [-0.25, -0.2) is 13.3 Å². The van der Waals surface area contributed by atoms with Crippen LogP contribution in [0.2, 0.25) is 0 Å². The highest BCUT2D eigenvalue weighted by atomic mass is 32.2. The summed E-state index contributed by atoms with van der Waals surface area (Å²) >= 11 is 0. The molecule has 0 radical (unpaired) electrons. The first-order valence-electron chi connectivity index (χ1n) is 6.14. The molecule has 0 aliphatic carbocycles. The van der Waals surface area contributed by atoms with Crippen LogP contribution in [-0.2, 0) is 21.3 Å². The van der Waals surface area contributed by atoms with E-state index in [1.54, 1.807) is 27.7 Å². The average Bonchev–Trinajstić information content (AvgIpc) is 2.26. The molecule has 1 rings (SSSR count). The Hall–Kier alpha value is -1.34. The Balaban J connectivity index is 3.12. The molecular weight excluding hydrogens is 281 g/mol. The number of aromatic nitrogens is 1. The van der Waals surface area contributed by atoms with Gasteiger partial charge >= 0.3 is 0 Å². The van der Waals surface area contributed by atoms with E-state index in [1.165, 1.54) is 12.1 Å². The summed E-state index contributed by atoms with van der Waals surface area (Å²) in [6, 6.07) is 2.69. The van der Waals surface area contributed by atoms with E-state index in [4.69, 9.17) is 5.73 Å². The van der Waals surface area contributed by atoms with Crippen molar-refractivity contribution in [3.8, 4) is 0 Å². The van der Waals surface area contributed by atoms with Crippen molar-refractivity contribution in [1.82, 2.24) is 9.71 Å². The summed E-state index contributed by atoms with van der Waals surface area (Å²) in [5, 5.41) is 0. The van der Waals surface area contributed by atoms with Crippen LogP contribution in [0.5, 0.6) is 0 Å². The van der Waals surface area contributed by atoms with Gasteiger partial charge in [0.1, 0.15) is 5.82 Å². The number of carbonyl (C=O) groups is 1. The predicted octanol–water partition coefficient (Wildman–Crippen LogP) is 1.36. The highest BCUT2D eigenvalue weighted by molar-refractivity contribution is 7.84. The lowest BCUT2D eigenvalue weighted by Crippen LogP contribution is -2.48. The van der Waals surface area contributed by atoms with Crippen molar-refractivity contribution in [3.05, 3.63) is 29.8 Å². The lowest BCUT2D eigenvalue weighted by molar-refractivity contribution is -0.119. The summed E-state index contributed by atoms with van der Waals surface area (Å²) in [6.45, 7) is 7.08. The van der Waals surface area contributed by atoms with Gasteiger partial charge in [0.25, 0.3) is 0 Å². The summed E-state index contributed by atoms with van der Waals surface area (Å²) in [7, 11) is -1.42. The number of primary amides is 1. The molecule has 2 unspecified atom stereocenters. The molecule has 1 heterocycles. The molecule has 5 nitrogen and oxygen atoms in total. The standard InChI is InChI=1S/C13H20FN3O2S/c1-12(2,3)20(19)17-13(4,7-11(15)18)10-6-5-9(14)8-16-10/h5-6,8,17H,7H2,1-4H3,(H2,15,18). The number of nitrogens with one attached hydrogen (secondary N) is 1. The smallest absolute Gasteiger partial charge is 0.219 e. The zero-order valence-corrected chi connectivity index (χ0v) is 12.9. The van der Waals surface area contributed by atoms with Crippen LogP contribution in [0.3, 0.4) is 0 Å². The molecule has 0 spiro atoms. The Kier molecular flexibility index (Phi) is 4.99. The molecular formula is C13H20FN3O2S. The maximum absolute atomic E-state index is 13.0. The molecule has 0 saturated carbocycles. The monoisotopic (exact) mass is 301 g/mol. The highest BCUT2D eigenvalue weighted by Gasteiger charge is 2.35. The Labute approximate surface area is 120 Å². The van der Waals surface area contributed by atoms with Crippen molar-refractivity contribution in [2.24, 2.45) is 5.73 Å². The van der Waals surface area contributed by atoms with Crippen molar-refractivity contribution in [2.75, 3.05) is 0 Å². The molecule has 0 saturated heterocycles. The van der Waals surface area contributed by atoms with Crippen LogP contribution in [0, 0.1) is 5.82 Å². The van der Waals surface area contributed by atoms with Crippen LogP contribution in [0.1, 0.15) is 39.8 Å². The number of nitrogens with zero attached hydrogens (tertiary/aromatic N) is 1. The summed E-state index contributed by atoms with van der Waals surface area (Å²) < 4.78 is 27.6. The molecule has 3 N–H and O–H groups in total. The van der Waals surface area contributed by atoms with E-state index in [2.05, 4.69) is 9.71 Å². The third-order valence-electron chi connectivity index (χ3n) is 2.69. The number of rotatable bonds is 5. The van der Waals surface area contributed by atoms with E-state index >= 15 is 0 Å². The van der Waals surface area contributed by atoms with Crippen molar-refractivity contribution in [3.63, 3.8) is 0 Å². The zero-order valence-electron chi connectivity index (χ0n) is 12.1. The average molecular weight is 301 g/mol. The molecule has 2 atom stereocenters.